The fourth-order valence-electron chi connectivity index (χ4n) is 3.00. The van der Waals surface area contributed by atoms with Crippen LogP contribution in [0.3, 0.4) is 0 Å². The molecular formula is C12H23NO. The molecule has 0 N–H and O–H groups in total. The lowest BCUT2D eigenvalue weighted by Crippen LogP contribution is -2.56. The number of nitrogens with zero attached hydrogens (tertiary/aromatic N) is 1. The van der Waals surface area contributed by atoms with E-state index in [1.54, 1.807) is 0 Å². The predicted molar refractivity (Wildman–Crippen MR) is 58.5 cm³/mol. The Hall–Kier alpha value is -0.0800. The molecule has 0 aliphatic carbocycles. The Kier molecular flexibility index (Phi) is 2.39. The van der Waals surface area contributed by atoms with Crippen LogP contribution in [0.4, 0.5) is 0 Å². The molecule has 0 aromatic heterocycles. The third-order valence-corrected chi connectivity index (χ3v) is 3.41. The molecule has 2 nitrogen and oxygen atoms in total. The van der Waals surface area contributed by atoms with E-state index in [4.69, 9.17) is 4.74 Å². The average Bonchev–Trinajstić information content (AvgIpc) is 1.72. The SMILES string of the molecule is CC1(C)CC(N2CCC2)CC(C)(C)O1. The summed E-state index contributed by atoms with van der Waals surface area (Å²) in [6.45, 7) is 11.5. The van der Waals surface area contributed by atoms with Crippen LogP contribution in [0, 0.1) is 0 Å². The Morgan fingerprint density at radius 1 is 1.00 bits per heavy atom. The van der Waals surface area contributed by atoms with E-state index in [0.717, 1.165) is 6.04 Å². The molecule has 2 fully saturated rings. The van der Waals surface area contributed by atoms with Crippen LogP contribution < -0.4 is 0 Å². The van der Waals surface area contributed by atoms with E-state index >= 15 is 0 Å². The van der Waals surface area contributed by atoms with Gasteiger partial charge in [0.2, 0.25) is 0 Å². The Labute approximate surface area is 87.6 Å². The van der Waals surface area contributed by atoms with Gasteiger partial charge in [0, 0.05) is 6.04 Å². The lowest BCUT2D eigenvalue weighted by molar-refractivity contribution is -0.181. The summed E-state index contributed by atoms with van der Waals surface area (Å²) < 4.78 is 6.08. The molecule has 0 aromatic rings. The molecule has 82 valence electrons. The van der Waals surface area contributed by atoms with Gasteiger partial charge in [-0.15, -0.1) is 0 Å². The first-order valence-corrected chi connectivity index (χ1v) is 5.82. The molecular weight excluding hydrogens is 174 g/mol. The van der Waals surface area contributed by atoms with Gasteiger partial charge in [-0.2, -0.15) is 0 Å². The van der Waals surface area contributed by atoms with Crippen LogP contribution in [0.25, 0.3) is 0 Å². The summed E-state index contributed by atoms with van der Waals surface area (Å²) >= 11 is 0. The van der Waals surface area contributed by atoms with Crippen LogP contribution in [0.2, 0.25) is 0 Å². The summed E-state index contributed by atoms with van der Waals surface area (Å²) in [5.74, 6) is 0. The first-order chi connectivity index (χ1) is 6.38. The zero-order valence-corrected chi connectivity index (χ0v) is 9.97. The first kappa shape index (κ1) is 10.4. The standard InChI is InChI=1S/C12H23NO/c1-11(2)8-10(13-6-5-7-13)9-12(3,4)14-11/h10H,5-9H2,1-4H3. The molecule has 0 radical (unpaired) electrons. The highest BCUT2D eigenvalue weighted by atomic mass is 16.5. The van der Waals surface area contributed by atoms with Gasteiger partial charge in [-0.3, -0.25) is 0 Å². The minimum absolute atomic E-state index is 0.0575. The van der Waals surface area contributed by atoms with E-state index in [1.165, 1.54) is 32.4 Å². The van der Waals surface area contributed by atoms with E-state index in [0.29, 0.717) is 0 Å². The van der Waals surface area contributed by atoms with Gasteiger partial charge < -0.3 is 9.64 Å². The number of likely N-dealkylation sites (tertiary alicyclic amines) is 1. The second-order valence-corrected chi connectivity index (χ2v) is 6.07. The third-order valence-electron chi connectivity index (χ3n) is 3.41. The lowest BCUT2D eigenvalue weighted by atomic mass is 9.83. The molecule has 2 aliphatic heterocycles. The smallest absolute Gasteiger partial charge is 0.0648 e. The van der Waals surface area contributed by atoms with Crippen molar-refractivity contribution in [2.75, 3.05) is 13.1 Å². The molecule has 0 unspecified atom stereocenters. The zero-order valence-electron chi connectivity index (χ0n) is 9.97. The van der Waals surface area contributed by atoms with Crippen molar-refractivity contribution in [3.63, 3.8) is 0 Å². The third kappa shape index (κ3) is 2.12. The van der Waals surface area contributed by atoms with Crippen molar-refractivity contribution < 1.29 is 4.74 Å². The summed E-state index contributed by atoms with van der Waals surface area (Å²) in [6.07, 6.45) is 3.77. The summed E-state index contributed by atoms with van der Waals surface area (Å²) in [7, 11) is 0. The zero-order chi connectivity index (χ0) is 10.4. The minimum Gasteiger partial charge on any atom is -0.370 e. The van der Waals surface area contributed by atoms with Gasteiger partial charge in [0.05, 0.1) is 11.2 Å². The molecule has 0 amide bonds. The predicted octanol–water partition coefficient (Wildman–Crippen LogP) is 2.43. The van der Waals surface area contributed by atoms with E-state index in [2.05, 4.69) is 32.6 Å². The number of hydrogen-bond acceptors (Lipinski definition) is 2. The van der Waals surface area contributed by atoms with Gasteiger partial charge in [-0.1, -0.05) is 0 Å². The second-order valence-electron chi connectivity index (χ2n) is 6.07. The highest BCUT2D eigenvalue weighted by Gasteiger charge is 2.42. The fourth-order valence-corrected chi connectivity index (χ4v) is 3.00. The molecule has 0 spiro atoms. The topological polar surface area (TPSA) is 12.5 Å². The maximum Gasteiger partial charge on any atom is 0.0648 e. The van der Waals surface area contributed by atoms with Crippen molar-refractivity contribution in [3.8, 4) is 0 Å². The summed E-state index contributed by atoms with van der Waals surface area (Å²) in [4.78, 5) is 2.62. The van der Waals surface area contributed by atoms with Crippen molar-refractivity contribution in [3.05, 3.63) is 0 Å². The normalized spacial score (nSPS) is 32.6. The Balaban J connectivity index is 2.04. The van der Waals surface area contributed by atoms with Crippen molar-refractivity contribution in [2.24, 2.45) is 0 Å². The first-order valence-electron chi connectivity index (χ1n) is 5.82. The molecule has 2 rings (SSSR count). The highest BCUT2D eigenvalue weighted by molar-refractivity contribution is 4.94. The van der Waals surface area contributed by atoms with Crippen LogP contribution in [0.5, 0.6) is 0 Å². The van der Waals surface area contributed by atoms with Crippen LogP contribution in [0.1, 0.15) is 47.0 Å². The largest absolute Gasteiger partial charge is 0.370 e. The van der Waals surface area contributed by atoms with Gasteiger partial charge in [0.25, 0.3) is 0 Å². The van der Waals surface area contributed by atoms with Gasteiger partial charge in [0.15, 0.2) is 0 Å². The van der Waals surface area contributed by atoms with Crippen LogP contribution >= 0.6 is 0 Å². The highest BCUT2D eigenvalue weighted by Crippen LogP contribution is 2.38. The van der Waals surface area contributed by atoms with Gasteiger partial charge in [0.1, 0.15) is 0 Å². The molecule has 0 aromatic carbocycles. The van der Waals surface area contributed by atoms with E-state index in [9.17, 15) is 0 Å². The molecule has 2 heterocycles. The Bertz CT molecular complexity index is 202. The van der Waals surface area contributed by atoms with Crippen molar-refractivity contribution in [1.82, 2.24) is 4.90 Å². The van der Waals surface area contributed by atoms with E-state index in [-0.39, 0.29) is 11.2 Å². The lowest BCUT2D eigenvalue weighted by Gasteiger charge is -2.51. The van der Waals surface area contributed by atoms with Gasteiger partial charge in [-0.05, 0) is 60.0 Å². The number of hydrogen-bond donors (Lipinski definition) is 0. The molecule has 0 atom stereocenters. The maximum atomic E-state index is 6.08. The molecule has 2 saturated heterocycles. The van der Waals surface area contributed by atoms with Crippen LogP contribution in [-0.4, -0.2) is 35.2 Å². The van der Waals surface area contributed by atoms with Crippen molar-refractivity contribution in [2.45, 2.75) is 64.2 Å². The summed E-state index contributed by atoms with van der Waals surface area (Å²) in [6, 6.07) is 0.752. The quantitative estimate of drug-likeness (QED) is 0.640. The van der Waals surface area contributed by atoms with Gasteiger partial charge >= 0.3 is 0 Å². The molecule has 2 heteroatoms. The monoisotopic (exact) mass is 197 g/mol. The Morgan fingerprint density at radius 3 is 1.86 bits per heavy atom. The summed E-state index contributed by atoms with van der Waals surface area (Å²) in [5, 5.41) is 0. The van der Waals surface area contributed by atoms with Crippen LogP contribution in [-0.2, 0) is 4.74 Å². The molecule has 0 bridgehead atoms. The molecule has 0 saturated carbocycles. The van der Waals surface area contributed by atoms with Gasteiger partial charge in [-0.25, -0.2) is 0 Å². The second kappa shape index (κ2) is 3.21. The summed E-state index contributed by atoms with van der Waals surface area (Å²) in [5.41, 5.74) is 0.115. The fraction of sp³-hybridized carbons (Fsp3) is 1.00. The van der Waals surface area contributed by atoms with E-state index < -0.39 is 0 Å². The minimum atomic E-state index is 0.0575. The molecule has 14 heavy (non-hydrogen) atoms. The molecule has 2 aliphatic rings. The Morgan fingerprint density at radius 2 is 1.50 bits per heavy atom. The number of rotatable bonds is 1. The van der Waals surface area contributed by atoms with Crippen LogP contribution in [0.15, 0.2) is 0 Å². The maximum absolute atomic E-state index is 6.08. The average molecular weight is 197 g/mol. The van der Waals surface area contributed by atoms with E-state index in [1.807, 2.05) is 0 Å². The number of ether oxygens (including phenoxy) is 1. The van der Waals surface area contributed by atoms with Crippen molar-refractivity contribution >= 4 is 0 Å². The van der Waals surface area contributed by atoms with Crippen molar-refractivity contribution in [1.29, 1.82) is 0 Å².